The quantitative estimate of drug-likeness (QED) is 0.826. The van der Waals surface area contributed by atoms with Gasteiger partial charge in [-0.2, -0.15) is 23.5 Å². The minimum atomic E-state index is 0.639. The lowest BCUT2D eigenvalue weighted by Gasteiger charge is -2.21. The van der Waals surface area contributed by atoms with E-state index in [9.17, 15) is 0 Å². The van der Waals surface area contributed by atoms with Crippen LogP contribution in [-0.4, -0.2) is 37.0 Å². The highest BCUT2D eigenvalue weighted by Crippen LogP contribution is 2.26. The predicted molar refractivity (Wildman–Crippen MR) is 86.2 cm³/mol. The Bertz CT molecular complexity index is 616. The molecule has 1 atom stereocenters. The van der Waals surface area contributed by atoms with Gasteiger partial charge < -0.3 is 9.55 Å². The number of hydrogen-bond acceptors (Lipinski definition) is 4. The Morgan fingerprint density at radius 3 is 3.22 bits per heavy atom. The maximum atomic E-state index is 5.40. The van der Waals surface area contributed by atoms with Crippen LogP contribution in [0.15, 0.2) is 16.7 Å². The third-order valence-corrected chi connectivity index (χ3v) is 6.43. The van der Waals surface area contributed by atoms with Crippen LogP contribution in [0.1, 0.15) is 0 Å². The van der Waals surface area contributed by atoms with E-state index in [0.29, 0.717) is 5.25 Å². The average Bonchev–Trinajstić information content (AvgIpc) is 2.66. The number of aromatic nitrogens is 3. The van der Waals surface area contributed by atoms with Gasteiger partial charge in [-0.15, -0.1) is 0 Å². The molecule has 96 valence electrons. The maximum Gasteiger partial charge on any atom is 0.179 e. The highest BCUT2D eigenvalue weighted by molar-refractivity contribution is 9.10. The van der Waals surface area contributed by atoms with Crippen LogP contribution in [0.25, 0.3) is 11.2 Å². The fourth-order valence-electron chi connectivity index (χ4n) is 2.03. The van der Waals surface area contributed by atoms with Crippen LogP contribution in [0.4, 0.5) is 0 Å². The van der Waals surface area contributed by atoms with Gasteiger partial charge in [0.2, 0.25) is 0 Å². The molecule has 1 saturated heterocycles. The number of hydrogen-bond donors (Lipinski definition) is 1. The van der Waals surface area contributed by atoms with Gasteiger partial charge in [0.05, 0.1) is 5.52 Å². The summed E-state index contributed by atoms with van der Waals surface area (Å²) in [7, 11) is 0. The number of nitrogens with one attached hydrogen (secondary N) is 1. The Hall–Kier alpha value is 0.0200. The number of aromatic amines is 1. The number of fused-ring (bicyclic) bond motifs is 1. The van der Waals surface area contributed by atoms with Crippen LogP contribution in [0, 0.1) is 4.77 Å². The second-order valence-electron chi connectivity index (χ2n) is 4.13. The summed E-state index contributed by atoms with van der Waals surface area (Å²) in [5.41, 5.74) is 1.96. The first-order valence-electron chi connectivity index (χ1n) is 5.67. The summed E-state index contributed by atoms with van der Waals surface area (Å²) in [6.07, 6.45) is 1.82. The van der Waals surface area contributed by atoms with E-state index >= 15 is 0 Å². The molecule has 0 aliphatic carbocycles. The molecular weight excluding hydrogens is 350 g/mol. The molecule has 2 aromatic heterocycles. The SMILES string of the molecule is S=c1[nH]c2cc(Br)cnc2n1CC1CSCCS1. The molecule has 0 bridgehead atoms. The van der Waals surface area contributed by atoms with Gasteiger partial charge in [-0.3, -0.25) is 0 Å². The molecule has 0 saturated carbocycles. The van der Waals surface area contributed by atoms with E-state index in [1.165, 1.54) is 17.3 Å². The van der Waals surface area contributed by atoms with Crippen molar-refractivity contribution in [3.05, 3.63) is 21.5 Å². The van der Waals surface area contributed by atoms with Gasteiger partial charge in [0.15, 0.2) is 10.4 Å². The van der Waals surface area contributed by atoms with Crippen molar-refractivity contribution in [2.24, 2.45) is 0 Å². The van der Waals surface area contributed by atoms with Crippen molar-refractivity contribution in [2.45, 2.75) is 11.8 Å². The normalized spacial score (nSPS) is 20.4. The summed E-state index contributed by atoms with van der Waals surface area (Å²) in [5, 5.41) is 0.639. The van der Waals surface area contributed by atoms with E-state index in [1.54, 1.807) is 0 Å². The van der Waals surface area contributed by atoms with Crippen molar-refractivity contribution in [2.75, 3.05) is 17.3 Å². The van der Waals surface area contributed by atoms with Crippen LogP contribution in [0.2, 0.25) is 0 Å². The first kappa shape index (κ1) is 13.0. The molecule has 3 nitrogen and oxygen atoms in total. The van der Waals surface area contributed by atoms with Gasteiger partial charge in [-0.1, -0.05) is 0 Å². The Kier molecular flexibility index (Phi) is 4.03. The second kappa shape index (κ2) is 5.56. The summed E-state index contributed by atoms with van der Waals surface area (Å²) < 4.78 is 3.87. The number of pyridine rings is 1. The van der Waals surface area contributed by atoms with Gasteiger partial charge in [0, 0.05) is 39.7 Å². The summed E-state index contributed by atoms with van der Waals surface area (Å²) in [6.45, 7) is 0.950. The van der Waals surface area contributed by atoms with Crippen LogP contribution in [-0.2, 0) is 6.54 Å². The molecule has 0 aromatic carbocycles. The molecule has 18 heavy (non-hydrogen) atoms. The highest BCUT2D eigenvalue weighted by Gasteiger charge is 2.17. The molecule has 1 unspecified atom stereocenters. The Morgan fingerprint density at radius 1 is 1.56 bits per heavy atom. The number of imidazole rings is 1. The van der Waals surface area contributed by atoms with Crippen molar-refractivity contribution in [1.29, 1.82) is 0 Å². The summed E-state index contributed by atoms with van der Waals surface area (Å²) in [4.78, 5) is 7.70. The van der Waals surface area contributed by atoms with E-state index in [-0.39, 0.29) is 0 Å². The second-order valence-corrected chi connectivity index (χ2v) is 7.99. The van der Waals surface area contributed by atoms with Crippen LogP contribution < -0.4 is 0 Å². The zero-order valence-electron chi connectivity index (χ0n) is 9.56. The van der Waals surface area contributed by atoms with Gasteiger partial charge in [-0.05, 0) is 34.2 Å². The summed E-state index contributed by atoms with van der Waals surface area (Å²) >= 11 is 12.9. The predicted octanol–water partition coefficient (Wildman–Crippen LogP) is 3.70. The van der Waals surface area contributed by atoms with Crippen molar-refractivity contribution in [3.63, 3.8) is 0 Å². The third-order valence-electron chi connectivity index (χ3n) is 2.85. The molecule has 1 aliphatic heterocycles. The van der Waals surface area contributed by atoms with Crippen molar-refractivity contribution < 1.29 is 0 Å². The largest absolute Gasteiger partial charge is 0.329 e. The van der Waals surface area contributed by atoms with Gasteiger partial charge in [0.25, 0.3) is 0 Å². The van der Waals surface area contributed by atoms with E-state index in [0.717, 1.165) is 27.0 Å². The van der Waals surface area contributed by atoms with E-state index < -0.39 is 0 Å². The highest BCUT2D eigenvalue weighted by atomic mass is 79.9. The first-order chi connectivity index (χ1) is 8.74. The van der Waals surface area contributed by atoms with Gasteiger partial charge >= 0.3 is 0 Å². The zero-order chi connectivity index (χ0) is 12.5. The molecule has 7 heteroatoms. The van der Waals surface area contributed by atoms with Crippen molar-refractivity contribution in [1.82, 2.24) is 14.5 Å². The number of halogens is 1. The molecule has 0 amide bonds. The van der Waals surface area contributed by atoms with Crippen LogP contribution in [0.5, 0.6) is 0 Å². The molecule has 1 aliphatic rings. The van der Waals surface area contributed by atoms with Gasteiger partial charge in [0.1, 0.15) is 0 Å². The van der Waals surface area contributed by atoms with E-state index in [4.69, 9.17) is 12.2 Å². The minimum absolute atomic E-state index is 0.639. The molecule has 2 aromatic rings. The third kappa shape index (κ3) is 2.64. The lowest BCUT2D eigenvalue weighted by Crippen LogP contribution is -2.20. The van der Waals surface area contributed by atoms with E-state index in [1.807, 2.05) is 35.8 Å². The fourth-order valence-corrected chi connectivity index (χ4v) is 5.29. The number of thioether (sulfide) groups is 2. The monoisotopic (exact) mass is 361 g/mol. The standard InChI is InChI=1S/C11H12BrN3S3/c12-7-3-9-10(13-4-7)15(11(16)14-9)5-8-6-17-1-2-18-8/h3-4,8H,1-2,5-6H2,(H,14,16). The molecule has 0 radical (unpaired) electrons. The zero-order valence-corrected chi connectivity index (χ0v) is 13.6. The Labute approximate surface area is 127 Å². The molecular formula is C11H12BrN3S3. The lowest BCUT2D eigenvalue weighted by atomic mass is 10.4. The topological polar surface area (TPSA) is 33.6 Å². The van der Waals surface area contributed by atoms with Crippen LogP contribution in [0.3, 0.4) is 0 Å². The molecule has 3 rings (SSSR count). The Balaban J connectivity index is 1.95. The number of rotatable bonds is 2. The van der Waals surface area contributed by atoms with Crippen LogP contribution >= 0.6 is 51.7 Å². The van der Waals surface area contributed by atoms with Gasteiger partial charge in [-0.25, -0.2) is 4.98 Å². The fraction of sp³-hybridized carbons (Fsp3) is 0.455. The smallest absolute Gasteiger partial charge is 0.179 e. The summed E-state index contributed by atoms with van der Waals surface area (Å²) in [6, 6.07) is 2.03. The summed E-state index contributed by atoms with van der Waals surface area (Å²) in [5.74, 6) is 3.71. The average molecular weight is 362 g/mol. The Morgan fingerprint density at radius 2 is 2.44 bits per heavy atom. The van der Waals surface area contributed by atoms with Crippen molar-refractivity contribution in [3.8, 4) is 0 Å². The molecule has 1 N–H and O–H groups in total. The molecule has 0 spiro atoms. The number of H-pyrrole nitrogens is 1. The molecule has 3 heterocycles. The first-order valence-corrected chi connectivity index (χ1v) is 9.08. The minimum Gasteiger partial charge on any atom is -0.329 e. The van der Waals surface area contributed by atoms with E-state index in [2.05, 4.69) is 30.5 Å². The lowest BCUT2D eigenvalue weighted by molar-refractivity contribution is 0.699. The maximum absolute atomic E-state index is 5.40. The molecule has 1 fully saturated rings. The number of nitrogens with zero attached hydrogens (tertiary/aromatic N) is 2. The van der Waals surface area contributed by atoms with Crippen molar-refractivity contribution >= 4 is 62.8 Å².